The maximum atomic E-state index is 10.8. The van der Waals surface area contributed by atoms with E-state index in [-0.39, 0.29) is 12.0 Å². The molecule has 1 aromatic heterocycles. The van der Waals surface area contributed by atoms with E-state index in [0.29, 0.717) is 0 Å². The van der Waals surface area contributed by atoms with Gasteiger partial charge >= 0.3 is 6.09 Å². The molecule has 1 fully saturated rings. The first kappa shape index (κ1) is 14.1. The molecule has 1 aliphatic carbocycles. The van der Waals surface area contributed by atoms with E-state index in [4.69, 9.17) is 5.11 Å². The third-order valence-corrected chi connectivity index (χ3v) is 4.46. The molecule has 3 rings (SSSR count). The third-order valence-electron chi connectivity index (χ3n) is 3.93. The maximum Gasteiger partial charge on any atom is 0.404 e. The molecule has 2 aromatic rings. The Morgan fingerprint density at radius 2 is 2.10 bits per heavy atom. The zero-order chi connectivity index (χ0) is 14.8. The van der Waals surface area contributed by atoms with Crippen LogP contribution in [0.1, 0.15) is 31.0 Å². The summed E-state index contributed by atoms with van der Waals surface area (Å²) in [6, 6.07) is 7.96. The van der Waals surface area contributed by atoms with Gasteiger partial charge in [-0.2, -0.15) is 0 Å². The lowest BCUT2D eigenvalue weighted by molar-refractivity contribution is 0.188. The van der Waals surface area contributed by atoms with E-state index in [9.17, 15) is 4.79 Å². The van der Waals surface area contributed by atoms with Crippen LogP contribution < -0.4 is 5.32 Å². The van der Waals surface area contributed by atoms with Crippen molar-refractivity contribution < 1.29 is 9.90 Å². The fraction of sp³-hybridized carbons (Fsp3) is 0.333. The van der Waals surface area contributed by atoms with Gasteiger partial charge in [0.25, 0.3) is 0 Å². The number of aromatic nitrogens is 2. The fourth-order valence-corrected chi connectivity index (χ4v) is 3.18. The van der Waals surface area contributed by atoms with E-state index in [2.05, 4.69) is 31.2 Å². The standard InChI is InChI=1S/C15H16BrN3O2/c16-10-6-4-9(5-7-10)13-8-17-14(18-13)11-2-1-3-12(11)19-15(20)21/h4-8,11-12,19H,1-3H2,(H,17,18)(H,20,21)/t11-,12-/m0/s1. The van der Waals surface area contributed by atoms with E-state index in [1.807, 2.05) is 30.5 Å². The zero-order valence-corrected chi connectivity index (χ0v) is 12.9. The Labute approximate surface area is 130 Å². The zero-order valence-electron chi connectivity index (χ0n) is 11.3. The van der Waals surface area contributed by atoms with Crippen molar-refractivity contribution >= 4 is 22.0 Å². The van der Waals surface area contributed by atoms with Crippen LogP contribution in [0, 0.1) is 0 Å². The summed E-state index contributed by atoms with van der Waals surface area (Å²) in [5.74, 6) is 0.995. The highest BCUT2D eigenvalue weighted by Gasteiger charge is 2.31. The molecule has 0 radical (unpaired) electrons. The first-order valence-corrected chi connectivity index (χ1v) is 7.73. The normalized spacial score (nSPS) is 21.4. The highest BCUT2D eigenvalue weighted by atomic mass is 79.9. The van der Waals surface area contributed by atoms with E-state index in [1.54, 1.807) is 0 Å². The summed E-state index contributed by atoms with van der Waals surface area (Å²) in [5.41, 5.74) is 2.02. The molecule has 5 nitrogen and oxygen atoms in total. The van der Waals surface area contributed by atoms with Crippen LogP contribution in [0.2, 0.25) is 0 Å². The Bertz CT molecular complexity index is 639. The molecule has 6 heteroatoms. The third kappa shape index (κ3) is 3.10. The first-order valence-electron chi connectivity index (χ1n) is 6.94. The Kier molecular flexibility index (Phi) is 3.96. The van der Waals surface area contributed by atoms with Gasteiger partial charge in [-0.15, -0.1) is 0 Å². The van der Waals surface area contributed by atoms with Crippen molar-refractivity contribution in [2.45, 2.75) is 31.2 Å². The number of hydrogen-bond donors (Lipinski definition) is 3. The average molecular weight is 350 g/mol. The van der Waals surface area contributed by atoms with Gasteiger partial charge in [0.05, 0.1) is 11.9 Å². The number of nitrogens with one attached hydrogen (secondary N) is 2. The lowest BCUT2D eigenvalue weighted by Gasteiger charge is -2.17. The number of hydrogen-bond acceptors (Lipinski definition) is 2. The molecule has 110 valence electrons. The minimum Gasteiger partial charge on any atom is -0.465 e. The largest absolute Gasteiger partial charge is 0.465 e. The summed E-state index contributed by atoms with van der Waals surface area (Å²) < 4.78 is 1.03. The van der Waals surface area contributed by atoms with Crippen LogP contribution in [0.4, 0.5) is 4.79 Å². The topological polar surface area (TPSA) is 78.0 Å². The van der Waals surface area contributed by atoms with E-state index >= 15 is 0 Å². The van der Waals surface area contributed by atoms with E-state index in [1.165, 1.54) is 0 Å². The second-order valence-corrected chi connectivity index (χ2v) is 6.20. The van der Waals surface area contributed by atoms with Crippen LogP contribution in [0.3, 0.4) is 0 Å². The number of carbonyl (C=O) groups is 1. The smallest absolute Gasteiger partial charge is 0.404 e. The van der Waals surface area contributed by atoms with Crippen LogP contribution in [0.15, 0.2) is 34.9 Å². The molecule has 3 N–H and O–H groups in total. The van der Waals surface area contributed by atoms with E-state index < -0.39 is 6.09 Å². The van der Waals surface area contributed by atoms with Gasteiger partial charge < -0.3 is 15.4 Å². The molecule has 21 heavy (non-hydrogen) atoms. The van der Waals surface area contributed by atoms with Gasteiger partial charge in [0.1, 0.15) is 5.82 Å². The van der Waals surface area contributed by atoms with Gasteiger partial charge in [-0.25, -0.2) is 9.78 Å². The summed E-state index contributed by atoms with van der Waals surface area (Å²) in [6.07, 6.45) is 3.69. The molecule has 2 atom stereocenters. The fourth-order valence-electron chi connectivity index (χ4n) is 2.92. The number of aromatic amines is 1. The lowest BCUT2D eigenvalue weighted by Crippen LogP contribution is -2.35. The predicted molar refractivity (Wildman–Crippen MR) is 83.3 cm³/mol. The van der Waals surface area contributed by atoms with Crippen LogP contribution in [0.25, 0.3) is 11.3 Å². The Balaban J connectivity index is 1.81. The van der Waals surface area contributed by atoms with Gasteiger partial charge in [-0.3, -0.25) is 0 Å². The highest BCUT2D eigenvalue weighted by Crippen LogP contribution is 2.34. The molecule has 0 unspecified atom stereocenters. The molecular formula is C15H16BrN3O2. The van der Waals surface area contributed by atoms with Crippen LogP contribution in [-0.2, 0) is 0 Å². The maximum absolute atomic E-state index is 10.8. The molecule has 1 saturated carbocycles. The second-order valence-electron chi connectivity index (χ2n) is 5.28. The quantitative estimate of drug-likeness (QED) is 0.789. The summed E-state index contributed by atoms with van der Waals surface area (Å²) >= 11 is 3.42. The van der Waals surface area contributed by atoms with Crippen LogP contribution in [-0.4, -0.2) is 27.2 Å². The molecule has 0 saturated heterocycles. The van der Waals surface area contributed by atoms with Crippen LogP contribution >= 0.6 is 15.9 Å². The second kappa shape index (κ2) is 5.89. The number of rotatable bonds is 3. The summed E-state index contributed by atoms with van der Waals surface area (Å²) in [5, 5.41) is 11.5. The average Bonchev–Trinajstić information content (AvgIpc) is 3.07. The molecule has 0 spiro atoms. The van der Waals surface area contributed by atoms with Crippen molar-refractivity contribution in [2.24, 2.45) is 0 Å². The first-order chi connectivity index (χ1) is 10.1. The molecule has 1 aromatic carbocycles. The van der Waals surface area contributed by atoms with Crippen molar-refractivity contribution in [1.29, 1.82) is 0 Å². The summed E-state index contributed by atoms with van der Waals surface area (Å²) in [6.45, 7) is 0. The highest BCUT2D eigenvalue weighted by molar-refractivity contribution is 9.10. The minimum atomic E-state index is -0.966. The van der Waals surface area contributed by atoms with Crippen molar-refractivity contribution in [1.82, 2.24) is 15.3 Å². The monoisotopic (exact) mass is 349 g/mol. The number of amides is 1. The molecule has 0 aliphatic heterocycles. The number of benzene rings is 1. The summed E-state index contributed by atoms with van der Waals surface area (Å²) in [4.78, 5) is 18.6. The lowest BCUT2D eigenvalue weighted by atomic mass is 10.0. The number of nitrogens with zero attached hydrogens (tertiary/aromatic N) is 1. The van der Waals surface area contributed by atoms with Gasteiger partial charge in [0.15, 0.2) is 0 Å². The number of halogens is 1. The number of carboxylic acid groups (broad SMARTS) is 1. The molecule has 1 amide bonds. The SMILES string of the molecule is O=C(O)N[C@H]1CCC[C@@H]1c1ncc(-c2ccc(Br)cc2)[nH]1. The van der Waals surface area contributed by atoms with E-state index in [0.717, 1.165) is 40.8 Å². The predicted octanol–water partition coefficient (Wildman–Crippen LogP) is 3.74. The van der Waals surface area contributed by atoms with Gasteiger partial charge in [-0.1, -0.05) is 34.5 Å². The molecular weight excluding hydrogens is 334 g/mol. The minimum absolute atomic E-state index is 0.0496. The van der Waals surface area contributed by atoms with Crippen molar-refractivity contribution in [3.8, 4) is 11.3 Å². The van der Waals surface area contributed by atoms with Crippen LogP contribution in [0.5, 0.6) is 0 Å². The Hall–Kier alpha value is -1.82. The number of H-pyrrole nitrogens is 1. The molecule has 1 aliphatic rings. The van der Waals surface area contributed by atoms with Gasteiger partial charge in [0.2, 0.25) is 0 Å². The van der Waals surface area contributed by atoms with Crippen molar-refractivity contribution in [3.05, 3.63) is 40.8 Å². The van der Waals surface area contributed by atoms with Crippen molar-refractivity contribution in [2.75, 3.05) is 0 Å². The summed E-state index contributed by atoms with van der Waals surface area (Å²) in [7, 11) is 0. The number of imidazole rings is 1. The Morgan fingerprint density at radius 3 is 2.81 bits per heavy atom. The Morgan fingerprint density at radius 1 is 1.33 bits per heavy atom. The van der Waals surface area contributed by atoms with Gasteiger partial charge in [0, 0.05) is 16.4 Å². The molecule has 1 heterocycles. The molecule has 0 bridgehead atoms. The van der Waals surface area contributed by atoms with Crippen molar-refractivity contribution in [3.63, 3.8) is 0 Å². The van der Waals surface area contributed by atoms with Gasteiger partial charge in [-0.05, 0) is 30.5 Å².